The molecule has 0 aromatic carbocycles. The minimum absolute atomic E-state index is 0. The summed E-state index contributed by atoms with van der Waals surface area (Å²) in [6, 6.07) is 3.18. The Balaban J connectivity index is 0.00000280. The Bertz CT molecular complexity index is 765. The molecule has 8 nitrogen and oxygen atoms in total. The Morgan fingerprint density at radius 3 is 2.79 bits per heavy atom. The van der Waals surface area contributed by atoms with Crippen LogP contribution in [0.15, 0.2) is 23.3 Å². The highest BCUT2D eigenvalue weighted by Gasteiger charge is 2.26. The summed E-state index contributed by atoms with van der Waals surface area (Å²) < 4.78 is 36.8. The van der Waals surface area contributed by atoms with Crippen LogP contribution in [-0.4, -0.2) is 88.1 Å². The third kappa shape index (κ3) is 6.41. The summed E-state index contributed by atoms with van der Waals surface area (Å²) in [6.45, 7) is 4.03. The summed E-state index contributed by atoms with van der Waals surface area (Å²) in [5.74, 6) is 1.27. The maximum atomic E-state index is 13.9. The molecule has 1 atom stereocenters. The summed E-state index contributed by atoms with van der Waals surface area (Å²) in [6.07, 6.45) is 2.48. The van der Waals surface area contributed by atoms with Crippen LogP contribution in [0.25, 0.3) is 0 Å². The lowest BCUT2D eigenvalue weighted by molar-refractivity contribution is 0.299. The van der Waals surface area contributed by atoms with E-state index in [9.17, 15) is 12.8 Å². The summed E-state index contributed by atoms with van der Waals surface area (Å²) >= 11 is 0. The Hall–Kier alpha value is -1.21. The zero-order chi connectivity index (χ0) is 19.3. The van der Waals surface area contributed by atoms with Crippen molar-refractivity contribution >= 4 is 45.6 Å². The van der Waals surface area contributed by atoms with Crippen molar-refractivity contribution in [2.45, 2.75) is 12.5 Å². The number of sulfone groups is 1. The second-order valence-corrected chi connectivity index (χ2v) is 9.18. The van der Waals surface area contributed by atoms with E-state index >= 15 is 0 Å². The summed E-state index contributed by atoms with van der Waals surface area (Å²) in [5.41, 5.74) is 0. The van der Waals surface area contributed by atoms with Gasteiger partial charge in [-0.2, -0.15) is 0 Å². The quantitative estimate of drug-likeness (QED) is 0.325. The summed E-state index contributed by atoms with van der Waals surface area (Å²) in [5, 5.41) is 6.64. The largest absolute Gasteiger partial charge is 0.355 e. The third-order valence-electron chi connectivity index (χ3n) is 4.95. The fourth-order valence-electron chi connectivity index (χ4n) is 3.37. The monoisotopic (exact) mass is 526 g/mol. The highest BCUT2D eigenvalue weighted by atomic mass is 127. The predicted octanol–water partition coefficient (Wildman–Crippen LogP) is 0.313. The van der Waals surface area contributed by atoms with Crippen molar-refractivity contribution in [1.82, 2.24) is 20.5 Å². The predicted molar refractivity (Wildman–Crippen MR) is 120 cm³/mol. The normalized spacial score (nSPS) is 22.6. The molecule has 0 amide bonds. The van der Waals surface area contributed by atoms with Crippen LogP contribution >= 0.6 is 24.0 Å². The molecule has 0 aliphatic carbocycles. The van der Waals surface area contributed by atoms with Crippen molar-refractivity contribution in [3.8, 4) is 0 Å². The van der Waals surface area contributed by atoms with Crippen LogP contribution in [0.1, 0.15) is 6.42 Å². The molecular formula is C17H28FIN6O2S. The highest BCUT2D eigenvalue weighted by molar-refractivity contribution is 14.0. The van der Waals surface area contributed by atoms with E-state index < -0.39 is 9.84 Å². The molecule has 2 saturated heterocycles. The van der Waals surface area contributed by atoms with E-state index in [0.29, 0.717) is 38.0 Å². The highest BCUT2D eigenvalue weighted by Crippen LogP contribution is 2.20. The number of rotatable bonds is 5. The molecule has 11 heteroatoms. The molecule has 3 heterocycles. The molecule has 0 saturated carbocycles. The van der Waals surface area contributed by atoms with E-state index in [1.807, 2.05) is 4.90 Å². The first-order valence-electron chi connectivity index (χ1n) is 9.22. The van der Waals surface area contributed by atoms with E-state index in [0.717, 1.165) is 19.5 Å². The molecule has 2 fully saturated rings. The lowest BCUT2D eigenvalue weighted by Gasteiger charge is -2.27. The molecule has 0 spiro atoms. The van der Waals surface area contributed by atoms with Gasteiger partial charge in [0.05, 0.1) is 11.5 Å². The van der Waals surface area contributed by atoms with Crippen LogP contribution in [0.5, 0.6) is 0 Å². The summed E-state index contributed by atoms with van der Waals surface area (Å²) in [7, 11) is -1.13. The molecule has 28 heavy (non-hydrogen) atoms. The van der Waals surface area contributed by atoms with Gasteiger partial charge in [0, 0.05) is 58.6 Å². The van der Waals surface area contributed by atoms with Crippen molar-refractivity contribution < 1.29 is 12.8 Å². The van der Waals surface area contributed by atoms with Gasteiger partial charge in [-0.25, -0.2) is 17.8 Å². The molecule has 2 aliphatic rings. The number of anilines is 1. The van der Waals surface area contributed by atoms with Crippen molar-refractivity contribution in [3.63, 3.8) is 0 Å². The minimum atomic E-state index is -2.84. The summed E-state index contributed by atoms with van der Waals surface area (Å²) in [4.78, 5) is 12.5. The first kappa shape index (κ1) is 23.1. The Kier molecular flexibility index (Phi) is 8.68. The van der Waals surface area contributed by atoms with E-state index in [1.54, 1.807) is 19.3 Å². The van der Waals surface area contributed by atoms with Crippen LogP contribution < -0.4 is 15.5 Å². The molecule has 0 radical (unpaired) electrons. The zero-order valence-corrected chi connectivity index (χ0v) is 19.1. The van der Waals surface area contributed by atoms with Gasteiger partial charge in [0.25, 0.3) is 0 Å². The van der Waals surface area contributed by atoms with Crippen molar-refractivity contribution in [2.75, 3.05) is 62.7 Å². The van der Waals surface area contributed by atoms with Gasteiger partial charge >= 0.3 is 0 Å². The first-order chi connectivity index (χ1) is 13.0. The Morgan fingerprint density at radius 2 is 2.11 bits per heavy atom. The number of hydrogen-bond acceptors (Lipinski definition) is 6. The first-order valence-corrected chi connectivity index (χ1v) is 11.0. The van der Waals surface area contributed by atoms with Crippen LogP contribution in [0.2, 0.25) is 0 Å². The smallest absolute Gasteiger partial charge is 0.191 e. The second kappa shape index (κ2) is 10.5. The van der Waals surface area contributed by atoms with Crippen LogP contribution in [0.3, 0.4) is 0 Å². The Morgan fingerprint density at radius 1 is 1.36 bits per heavy atom. The second-order valence-electron chi connectivity index (χ2n) is 6.88. The maximum Gasteiger partial charge on any atom is 0.191 e. The molecule has 2 aliphatic heterocycles. The molecular weight excluding hydrogens is 498 g/mol. The number of nitrogens with zero attached hydrogens (tertiary/aromatic N) is 4. The topological polar surface area (TPSA) is 89.9 Å². The van der Waals surface area contributed by atoms with Gasteiger partial charge in [-0.05, 0) is 18.6 Å². The molecule has 2 N–H and O–H groups in total. The number of aromatic nitrogens is 1. The van der Waals surface area contributed by atoms with Gasteiger partial charge in [0.15, 0.2) is 27.4 Å². The van der Waals surface area contributed by atoms with Gasteiger partial charge in [0.1, 0.15) is 0 Å². The molecule has 1 unspecified atom stereocenters. The number of hydrogen-bond donors (Lipinski definition) is 2. The Labute approximate surface area is 182 Å². The van der Waals surface area contributed by atoms with Crippen molar-refractivity contribution in [2.24, 2.45) is 4.99 Å². The number of nitrogens with one attached hydrogen (secondary N) is 2. The van der Waals surface area contributed by atoms with E-state index in [2.05, 4.69) is 25.5 Å². The SMILES string of the molecule is CN=C(NCCN1CCS(=O)(=O)CC1)NC1CCN(c2ncccc2F)C1.I. The number of halogens is 2. The maximum absolute atomic E-state index is 13.9. The van der Waals surface area contributed by atoms with E-state index in [1.165, 1.54) is 6.07 Å². The van der Waals surface area contributed by atoms with Crippen LogP contribution in [0, 0.1) is 5.82 Å². The number of aliphatic imine (C=N–C) groups is 1. The third-order valence-corrected chi connectivity index (χ3v) is 6.56. The lowest BCUT2D eigenvalue weighted by atomic mass is 10.3. The minimum Gasteiger partial charge on any atom is -0.355 e. The molecule has 158 valence electrons. The lowest BCUT2D eigenvalue weighted by Crippen LogP contribution is -2.48. The van der Waals surface area contributed by atoms with Crippen LogP contribution in [-0.2, 0) is 9.84 Å². The van der Waals surface area contributed by atoms with E-state index in [-0.39, 0.29) is 47.3 Å². The zero-order valence-electron chi connectivity index (χ0n) is 16.0. The van der Waals surface area contributed by atoms with Gasteiger partial charge in [-0.1, -0.05) is 0 Å². The molecule has 1 aromatic heterocycles. The fraction of sp³-hybridized carbons (Fsp3) is 0.647. The van der Waals surface area contributed by atoms with Gasteiger partial charge in [-0.3, -0.25) is 9.89 Å². The van der Waals surface area contributed by atoms with Gasteiger partial charge in [-0.15, -0.1) is 24.0 Å². The van der Waals surface area contributed by atoms with Crippen molar-refractivity contribution in [3.05, 3.63) is 24.1 Å². The average molecular weight is 526 g/mol. The number of pyridine rings is 1. The molecule has 1 aromatic rings. The fourth-order valence-corrected chi connectivity index (χ4v) is 4.65. The molecule has 3 rings (SSSR count). The number of guanidine groups is 1. The molecule has 0 bridgehead atoms. The standard InChI is InChI=1S/C17H27FN6O2S.HI/c1-19-17(21-6-8-23-9-11-27(25,26)12-10-23)22-14-4-7-24(13-14)16-15(18)3-2-5-20-16;/h2-3,5,14H,4,6-13H2,1H3,(H2,19,21,22);1H. The van der Waals surface area contributed by atoms with Crippen LogP contribution in [0.4, 0.5) is 10.2 Å². The van der Waals surface area contributed by atoms with E-state index in [4.69, 9.17) is 0 Å². The average Bonchev–Trinajstić information content (AvgIpc) is 3.11. The van der Waals surface area contributed by atoms with Crippen molar-refractivity contribution in [1.29, 1.82) is 0 Å². The van der Waals surface area contributed by atoms with Gasteiger partial charge in [0.2, 0.25) is 0 Å². The van der Waals surface area contributed by atoms with Gasteiger partial charge < -0.3 is 15.5 Å².